The van der Waals surface area contributed by atoms with Gasteiger partial charge in [-0.15, -0.1) is 0 Å². The molecule has 2 N–H and O–H groups in total. The maximum absolute atomic E-state index is 12.6. The summed E-state index contributed by atoms with van der Waals surface area (Å²) in [6.45, 7) is 2.33. The monoisotopic (exact) mass is 406 g/mol. The fourth-order valence-electron chi connectivity index (χ4n) is 4.07. The Bertz CT molecular complexity index is 704. The van der Waals surface area contributed by atoms with Crippen LogP contribution in [0.25, 0.3) is 0 Å². The predicted octanol–water partition coefficient (Wildman–Crippen LogP) is 2.85. The van der Waals surface area contributed by atoms with Gasteiger partial charge in [-0.05, 0) is 43.4 Å². The zero-order valence-corrected chi connectivity index (χ0v) is 17.6. The van der Waals surface area contributed by atoms with E-state index in [4.69, 9.17) is 16.3 Å². The summed E-state index contributed by atoms with van der Waals surface area (Å²) in [6, 6.07) is 5.99. The quantitative estimate of drug-likeness (QED) is 0.563. The Hall–Kier alpha value is -1.95. The highest BCUT2D eigenvalue weighted by molar-refractivity contribution is 6.31. The van der Waals surface area contributed by atoms with Crippen molar-refractivity contribution in [3.05, 3.63) is 28.8 Å². The number of ether oxygens (including phenoxy) is 1. The van der Waals surface area contributed by atoms with Crippen LogP contribution in [-0.2, 0) is 11.2 Å². The molecule has 2 fully saturated rings. The Balaban J connectivity index is 1.43. The van der Waals surface area contributed by atoms with Gasteiger partial charge in [-0.3, -0.25) is 9.79 Å². The number of likely N-dealkylation sites (tertiary alicyclic amines) is 1. The molecule has 0 radical (unpaired) electrons. The zero-order valence-electron chi connectivity index (χ0n) is 16.8. The third kappa shape index (κ3) is 5.31. The van der Waals surface area contributed by atoms with E-state index < -0.39 is 0 Å². The molecular formula is C21H31ClN4O2. The van der Waals surface area contributed by atoms with Crippen LogP contribution < -0.4 is 15.4 Å². The van der Waals surface area contributed by atoms with Crippen LogP contribution in [0.2, 0.25) is 5.02 Å². The minimum Gasteiger partial charge on any atom is -0.497 e. The minimum absolute atomic E-state index is 0.251. The molecule has 1 unspecified atom stereocenters. The van der Waals surface area contributed by atoms with Crippen molar-refractivity contribution in [3.8, 4) is 5.75 Å². The normalized spacial score (nSPS) is 20.5. The van der Waals surface area contributed by atoms with Crippen LogP contribution in [0.15, 0.2) is 23.2 Å². The Morgan fingerprint density at radius 1 is 1.32 bits per heavy atom. The van der Waals surface area contributed by atoms with E-state index in [0.29, 0.717) is 10.9 Å². The number of carbonyl (C=O) groups excluding carboxylic acids is 1. The third-order valence-corrected chi connectivity index (χ3v) is 6.07. The Morgan fingerprint density at radius 2 is 2.11 bits per heavy atom. The third-order valence-electron chi connectivity index (χ3n) is 5.72. The Kier molecular flexibility index (Phi) is 7.43. The number of benzene rings is 1. The van der Waals surface area contributed by atoms with E-state index in [1.54, 1.807) is 14.2 Å². The number of methoxy groups -OCH3 is 1. The van der Waals surface area contributed by atoms with Gasteiger partial charge in [-0.2, -0.15) is 0 Å². The summed E-state index contributed by atoms with van der Waals surface area (Å²) in [5.74, 6) is 2.13. The molecule has 6 nitrogen and oxygen atoms in total. The second kappa shape index (κ2) is 10.0. The van der Waals surface area contributed by atoms with Crippen molar-refractivity contribution < 1.29 is 9.53 Å². The molecule has 1 aliphatic heterocycles. The molecule has 0 bridgehead atoms. The van der Waals surface area contributed by atoms with E-state index in [2.05, 4.69) is 15.6 Å². The molecule has 1 saturated heterocycles. The number of amides is 1. The first-order valence-corrected chi connectivity index (χ1v) is 10.6. The summed E-state index contributed by atoms with van der Waals surface area (Å²) in [7, 11) is 3.40. The fraction of sp³-hybridized carbons (Fsp3) is 0.619. The van der Waals surface area contributed by atoms with E-state index in [1.165, 1.54) is 12.8 Å². The van der Waals surface area contributed by atoms with Crippen LogP contribution in [-0.4, -0.2) is 56.6 Å². The van der Waals surface area contributed by atoms with Crippen LogP contribution in [0.1, 0.15) is 37.7 Å². The van der Waals surface area contributed by atoms with Gasteiger partial charge in [-0.1, -0.05) is 30.5 Å². The van der Waals surface area contributed by atoms with Crippen molar-refractivity contribution in [1.29, 1.82) is 0 Å². The number of hydrogen-bond donors (Lipinski definition) is 2. The van der Waals surface area contributed by atoms with Crippen LogP contribution in [0.5, 0.6) is 5.75 Å². The molecule has 1 aliphatic carbocycles. The predicted molar refractivity (Wildman–Crippen MR) is 113 cm³/mol. The van der Waals surface area contributed by atoms with Gasteiger partial charge in [-0.25, -0.2) is 0 Å². The van der Waals surface area contributed by atoms with Gasteiger partial charge in [0.1, 0.15) is 5.75 Å². The van der Waals surface area contributed by atoms with Crippen molar-refractivity contribution in [2.45, 2.75) is 44.6 Å². The smallest absolute Gasteiger partial charge is 0.225 e. The number of aliphatic imine (C=N–C) groups is 1. The summed E-state index contributed by atoms with van der Waals surface area (Å²) in [4.78, 5) is 18.9. The molecule has 28 heavy (non-hydrogen) atoms. The molecule has 2 aliphatic rings. The lowest BCUT2D eigenvalue weighted by molar-refractivity contribution is -0.134. The van der Waals surface area contributed by atoms with Crippen LogP contribution in [0.4, 0.5) is 0 Å². The average Bonchev–Trinajstić information content (AvgIpc) is 3.40. The lowest BCUT2D eigenvalue weighted by Crippen LogP contribution is -2.45. The second-order valence-corrected chi connectivity index (χ2v) is 8.01. The summed E-state index contributed by atoms with van der Waals surface area (Å²) in [6.07, 6.45) is 6.26. The maximum Gasteiger partial charge on any atom is 0.225 e. The van der Waals surface area contributed by atoms with Gasteiger partial charge in [0.15, 0.2) is 5.96 Å². The SMILES string of the molecule is CN=C(NCCc1ccc(OC)cc1Cl)NC1CCN(C(=O)C2CCCC2)C1. The highest BCUT2D eigenvalue weighted by atomic mass is 35.5. The van der Waals surface area contributed by atoms with Crippen molar-refractivity contribution in [3.63, 3.8) is 0 Å². The first-order valence-electron chi connectivity index (χ1n) is 10.2. The topological polar surface area (TPSA) is 66.0 Å². The lowest BCUT2D eigenvalue weighted by Gasteiger charge is -2.21. The van der Waals surface area contributed by atoms with E-state index in [0.717, 1.165) is 62.6 Å². The highest BCUT2D eigenvalue weighted by Crippen LogP contribution is 2.28. The van der Waals surface area contributed by atoms with E-state index in [9.17, 15) is 4.79 Å². The molecule has 1 aromatic carbocycles. The molecule has 0 spiro atoms. The molecule has 3 rings (SSSR count). The van der Waals surface area contributed by atoms with E-state index >= 15 is 0 Å². The van der Waals surface area contributed by atoms with Crippen LogP contribution in [0.3, 0.4) is 0 Å². The number of rotatable bonds is 6. The first-order chi connectivity index (χ1) is 13.6. The van der Waals surface area contributed by atoms with Crippen molar-refractivity contribution in [2.24, 2.45) is 10.9 Å². The largest absolute Gasteiger partial charge is 0.497 e. The molecule has 154 valence electrons. The molecule has 1 aromatic rings. The number of nitrogens with one attached hydrogen (secondary N) is 2. The van der Waals surface area contributed by atoms with Crippen molar-refractivity contribution in [1.82, 2.24) is 15.5 Å². The molecule has 1 amide bonds. The summed E-state index contributed by atoms with van der Waals surface area (Å²) in [5.41, 5.74) is 1.07. The van der Waals surface area contributed by atoms with E-state index in [-0.39, 0.29) is 12.0 Å². The standard InChI is InChI=1S/C21H31ClN4O2/c1-23-21(24-11-9-15-7-8-18(28-2)13-19(15)22)25-17-10-12-26(14-17)20(27)16-5-3-4-6-16/h7-8,13,16-17H,3-6,9-12,14H2,1-2H3,(H2,23,24,25). The molecule has 1 heterocycles. The fourth-order valence-corrected chi connectivity index (χ4v) is 4.34. The summed E-state index contributed by atoms with van der Waals surface area (Å²) < 4.78 is 5.19. The molecular weight excluding hydrogens is 376 g/mol. The maximum atomic E-state index is 12.6. The highest BCUT2D eigenvalue weighted by Gasteiger charge is 2.32. The van der Waals surface area contributed by atoms with Crippen LogP contribution in [0, 0.1) is 5.92 Å². The van der Waals surface area contributed by atoms with Gasteiger partial charge < -0.3 is 20.3 Å². The molecule has 7 heteroatoms. The molecule has 1 atom stereocenters. The number of nitrogens with zero attached hydrogens (tertiary/aromatic N) is 2. The summed E-state index contributed by atoms with van der Waals surface area (Å²) >= 11 is 6.30. The average molecular weight is 407 g/mol. The number of guanidine groups is 1. The van der Waals surface area contributed by atoms with Gasteiger partial charge in [0, 0.05) is 43.7 Å². The van der Waals surface area contributed by atoms with Gasteiger partial charge in [0.2, 0.25) is 5.91 Å². The Labute approximate surface area is 172 Å². The number of carbonyl (C=O) groups is 1. The zero-order chi connectivity index (χ0) is 19.9. The van der Waals surface area contributed by atoms with Gasteiger partial charge in [0.25, 0.3) is 0 Å². The lowest BCUT2D eigenvalue weighted by atomic mass is 10.1. The Morgan fingerprint density at radius 3 is 2.79 bits per heavy atom. The van der Waals surface area contributed by atoms with E-state index in [1.807, 2.05) is 23.1 Å². The van der Waals surface area contributed by atoms with Crippen LogP contribution >= 0.6 is 11.6 Å². The van der Waals surface area contributed by atoms with Crippen molar-refractivity contribution >= 4 is 23.5 Å². The first kappa shape index (κ1) is 20.8. The number of hydrogen-bond acceptors (Lipinski definition) is 3. The minimum atomic E-state index is 0.251. The van der Waals surface area contributed by atoms with Crippen molar-refractivity contribution in [2.75, 3.05) is 33.8 Å². The summed E-state index contributed by atoms with van der Waals surface area (Å²) in [5, 5.41) is 7.51. The molecule has 1 saturated carbocycles. The number of halogens is 1. The van der Waals surface area contributed by atoms with Gasteiger partial charge >= 0.3 is 0 Å². The van der Waals surface area contributed by atoms with Gasteiger partial charge in [0.05, 0.1) is 7.11 Å². The molecule has 0 aromatic heterocycles. The second-order valence-electron chi connectivity index (χ2n) is 7.60.